The lowest BCUT2D eigenvalue weighted by Gasteiger charge is -2.22. The lowest BCUT2D eigenvalue weighted by molar-refractivity contribution is 0.0924. The summed E-state index contributed by atoms with van der Waals surface area (Å²) in [5.41, 5.74) is 0. The number of nitrogens with one attached hydrogen (secondary N) is 1. The molecule has 0 atom stereocenters. The average molecular weight is 237 g/mol. The summed E-state index contributed by atoms with van der Waals surface area (Å²) in [5.74, 6) is 0.588. The van der Waals surface area contributed by atoms with Crippen molar-refractivity contribution < 1.29 is 18.3 Å². The number of sulfone groups is 1. The lowest BCUT2D eigenvalue weighted by atomic mass is 10.1. The Morgan fingerprint density at radius 1 is 1.27 bits per heavy atom. The van der Waals surface area contributed by atoms with Crippen molar-refractivity contribution in [2.75, 3.05) is 37.9 Å². The predicted molar refractivity (Wildman–Crippen MR) is 57.6 cm³/mol. The summed E-state index contributed by atoms with van der Waals surface area (Å²) in [4.78, 5) is 0. The molecule has 0 spiro atoms. The molecular weight excluding hydrogens is 218 g/mol. The molecule has 1 saturated heterocycles. The zero-order valence-electron chi connectivity index (χ0n) is 8.81. The van der Waals surface area contributed by atoms with Crippen LogP contribution in [0.3, 0.4) is 0 Å². The molecule has 0 aromatic rings. The zero-order valence-corrected chi connectivity index (χ0v) is 9.63. The summed E-state index contributed by atoms with van der Waals surface area (Å²) in [6.45, 7) is 1.68. The Morgan fingerprint density at radius 3 is 2.53 bits per heavy atom. The van der Waals surface area contributed by atoms with Crippen molar-refractivity contribution in [1.82, 2.24) is 5.32 Å². The quantitative estimate of drug-likeness (QED) is 0.589. The second-order valence-corrected chi connectivity index (χ2v) is 6.02. The Morgan fingerprint density at radius 2 is 1.93 bits per heavy atom. The smallest absolute Gasteiger partial charge is 0.150 e. The highest BCUT2D eigenvalue weighted by Crippen LogP contribution is 2.11. The molecular formula is C9H19NO4S. The minimum Gasteiger partial charge on any atom is -0.394 e. The normalized spacial score (nSPS) is 21.7. The largest absolute Gasteiger partial charge is 0.394 e. The Balaban J connectivity index is 2.04. The molecule has 0 saturated carbocycles. The summed E-state index contributed by atoms with van der Waals surface area (Å²) in [5, 5.41) is 11.7. The fraction of sp³-hybridized carbons (Fsp3) is 1.00. The van der Waals surface area contributed by atoms with Gasteiger partial charge in [0.2, 0.25) is 0 Å². The van der Waals surface area contributed by atoms with E-state index in [0.29, 0.717) is 50.1 Å². The van der Waals surface area contributed by atoms with E-state index in [4.69, 9.17) is 9.84 Å². The zero-order chi connectivity index (χ0) is 11.1. The SMILES string of the molecule is O=S1(=O)CCC(NCCOCCO)CC1. The third kappa shape index (κ3) is 5.46. The van der Waals surface area contributed by atoms with Gasteiger partial charge in [0.1, 0.15) is 9.84 Å². The summed E-state index contributed by atoms with van der Waals surface area (Å²) >= 11 is 0. The predicted octanol–water partition coefficient (Wildman–Crippen LogP) is -0.838. The van der Waals surface area contributed by atoms with Crippen molar-refractivity contribution in [3.63, 3.8) is 0 Å². The number of rotatable bonds is 6. The maximum Gasteiger partial charge on any atom is 0.150 e. The van der Waals surface area contributed by atoms with E-state index in [-0.39, 0.29) is 6.61 Å². The number of ether oxygens (including phenoxy) is 1. The van der Waals surface area contributed by atoms with Crippen LogP contribution in [0.15, 0.2) is 0 Å². The summed E-state index contributed by atoms with van der Waals surface area (Å²) in [6, 6.07) is 0.297. The molecule has 0 radical (unpaired) electrons. The van der Waals surface area contributed by atoms with Crippen LogP contribution in [0.2, 0.25) is 0 Å². The molecule has 0 aliphatic carbocycles. The van der Waals surface area contributed by atoms with Gasteiger partial charge in [-0.2, -0.15) is 0 Å². The summed E-state index contributed by atoms with van der Waals surface area (Å²) < 4.78 is 27.3. The maximum absolute atomic E-state index is 11.1. The van der Waals surface area contributed by atoms with Gasteiger partial charge in [-0.05, 0) is 12.8 Å². The van der Waals surface area contributed by atoms with E-state index < -0.39 is 9.84 Å². The summed E-state index contributed by atoms with van der Waals surface area (Å²) in [6.07, 6.45) is 1.39. The highest BCUT2D eigenvalue weighted by Gasteiger charge is 2.22. The van der Waals surface area contributed by atoms with Crippen molar-refractivity contribution in [3.05, 3.63) is 0 Å². The molecule has 6 heteroatoms. The van der Waals surface area contributed by atoms with E-state index in [0.717, 1.165) is 0 Å². The van der Waals surface area contributed by atoms with Crippen LogP contribution in [-0.2, 0) is 14.6 Å². The molecule has 0 bridgehead atoms. The van der Waals surface area contributed by atoms with Crippen molar-refractivity contribution in [2.24, 2.45) is 0 Å². The van der Waals surface area contributed by atoms with E-state index >= 15 is 0 Å². The van der Waals surface area contributed by atoms with Crippen LogP contribution in [0, 0.1) is 0 Å². The molecule has 0 aromatic heterocycles. The van der Waals surface area contributed by atoms with Crippen molar-refractivity contribution in [3.8, 4) is 0 Å². The van der Waals surface area contributed by atoms with Gasteiger partial charge in [-0.1, -0.05) is 0 Å². The Labute approximate surface area is 90.7 Å². The number of aliphatic hydroxyl groups is 1. The molecule has 1 aliphatic heterocycles. The van der Waals surface area contributed by atoms with Crippen LogP contribution in [-0.4, -0.2) is 57.4 Å². The van der Waals surface area contributed by atoms with Crippen LogP contribution in [0.25, 0.3) is 0 Å². The van der Waals surface area contributed by atoms with E-state index in [2.05, 4.69) is 5.32 Å². The fourth-order valence-corrected chi connectivity index (χ4v) is 3.09. The third-order valence-electron chi connectivity index (χ3n) is 2.47. The molecule has 90 valence electrons. The van der Waals surface area contributed by atoms with Crippen LogP contribution in [0.4, 0.5) is 0 Å². The van der Waals surface area contributed by atoms with Gasteiger partial charge in [0.25, 0.3) is 0 Å². The molecule has 2 N–H and O–H groups in total. The molecule has 0 unspecified atom stereocenters. The topological polar surface area (TPSA) is 75.6 Å². The minimum atomic E-state index is -2.76. The lowest BCUT2D eigenvalue weighted by Crippen LogP contribution is -2.39. The molecule has 15 heavy (non-hydrogen) atoms. The van der Waals surface area contributed by atoms with Crippen molar-refractivity contribution in [1.29, 1.82) is 0 Å². The molecule has 1 rings (SSSR count). The molecule has 1 fully saturated rings. The van der Waals surface area contributed by atoms with Gasteiger partial charge in [-0.25, -0.2) is 8.42 Å². The first kappa shape index (κ1) is 12.9. The molecule has 0 aromatic carbocycles. The minimum absolute atomic E-state index is 0.0433. The second kappa shape index (κ2) is 6.42. The maximum atomic E-state index is 11.1. The number of hydrogen-bond acceptors (Lipinski definition) is 5. The van der Waals surface area contributed by atoms with E-state index in [1.54, 1.807) is 0 Å². The monoisotopic (exact) mass is 237 g/mol. The Hall–Kier alpha value is -0.170. The van der Waals surface area contributed by atoms with Crippen molar-refractivity contribution >= 4 is 9.84 Å². The molecule has 5 nitrogen and oxygen atoms in total. The van der Waals surface area contributed by atoms with E-state index in [1.165, 1.54) is 0 Å². The highest BCUT2D eigenvalue weighted by atomic mass is 32.2. The van der Waals surface area contributed by atoms with Crippen LogP contribution in [0.1, 0.15) is 12.8 Å². The van der Waals surface area contributed by atoms with Crippen LogP contribution < -0.4 is 5.32 Å². The number of hydrogen-bond donors (Lipinski definition) is 2. The Kier molecular flexibility index (Phi) is 5.52. The highest BCUT2D eigenvalue weighted by molar-refractivity contribution is 7.91. The standard InChI is InChI=1S/C9H19NO4S/c11-4-6-14-5-3-10-9-1-7-15(12,13)8-2-9/h9-11H,1-8H2. The first-order valence-electron chi connectivity index (χ1n) is 5.26. The molecule has 1 aliphatic rings. The van der Waals surface area contributed by atoms with E-state index in [1.807, 2.05) is 0 Å². The molecule has 1 heterocycles. The number of aliphatic hydroxyl groups excluding tert-OH is 1. The first-order valence-corrected chi connectivity index (χ1v) is 7.08. The fourth-order valence-electron chi connectivity index (χ4n) is 1.60. The van der Waals surface area contributed by atoms with Gasteiger partial charge >= 0.3 is 0 Å². The third-order valence-corrected chi connectivity index (χ3v) is 4.19. The van der Waals surface area contributed by atoms with Crippen LogP contribution in [0.5, 0.6) is 0 Å². The van der Waals surface area contributed by atoms with Gasteiger partial charge in [-0.15, -0.1) is 0 Å². The van der Waals surface area contributed by atoms with E-state index in [9.17, 15) is 8.42 Å². The van der Waals surface area contributed by atoms with Crippen molar-refractivity contribution in [2.45, 2.75) is 18.9 Å². The average Bonchev–Trinajstić information content (AvgIpc) is 2.20. The van der Waals surface area contributed by atoms with Crippen LogP contribution >= 0.6 is 0 Å². The van der Waals surface area contributed by atoms with Gasteiger partial charge < -0.3 is 15.2 Å². The van der Waals surface area contributed by atoms with Gasteiger partial charge in [0.15, 0.2) is 0 Å². The second-order valence-electron chi connectivity index (χ2n) is 3.72. The van der Waals surface area contributed by atoms with Gasteiger partial charge in [-0.3, -0.25) is 0 Å². The summed E-state index contributed by atoms with van der Waals surface area (Å²) in [7, 11) is -2.76. The Bertz CT molecular complexity index is 251. The van der Waals surface area contributed by atoms with Gasteiger partial charge in [0, 0.05) is 12.6 Å². The first-order chi connectivity index (χ1) is 7.14. The van der Waals surface area contributed by atoms with Gasteiger partial charge in [0.05, 0.1) is 31.3 Å². The molecule has 0 amide bonds.